The minimum Gasteiger partial charge on any atom is -0.497 e. The minimum atomic E-state index is -0.0157. The molecule has 1 atom stereocenters. The van der Waals surface area contributed by atoms with Crippen molar-refractivity contribution in [1.29, 1.82) is 0 Å². The summed E-state index contributed by atoms with van der Waals surface area (Å²) in [6, 6.07) is 4.47. The molecule has 1 fully saturated rings. The largest absolute Gasteiger partial charge is 0.497 e. The molecule has 0 aromatic carbocycles. The van der Waals surface area contributed by atoms with E-state index in [0.717, 1.165) is 44.0 Å². The number of rotatable bonds is 5. The molecule has 1 aromatic heterocycles. The van der Waals surface area contributed by atoms with E-state index in [4.69, 9.17) is 9.47 Å². The lowest BCUT2D eigenvalue weighted by Gasteiger charge is -2.40. The molecule has 1 aliphatic heterocycles. The third-order valence-electron chi connectivity index (χ3n) is 3.98. The van der Waals surface area contributed by atoms with Gasteiger partial charge in [-0.2, -0.15) is 0 Å². The minimum absolute atomic E-state index is 0.0157. The van der Waals surface area contributed by atoms with E-state index in [0.29, 0.717) is 6.04 Å². The number of hydrogen-bond acceptors (Lipinski definition) is 4. The van der Waals surface area contributed by atoms with Crippen molar-refractivity contribution in [2.24, 2.45) is 0 Å². The molecule has 112 valence electrons. The maximum Gasteiger partial charge on any atom is 0.122 e. The fourth-order valence-electron chi connectivity index (χ4n) is 2.89. The Labute approximate surface area is 122 Å². The first-order valence-electron chi connectivity index (χ1n) is 7.41. The Bertz CT molecular complexity index is 434. The van der Waals surface area contributed by atoms with Crippen LogP contribution in [-0.2, 0) is 11.3 Å². The van der Waals surface area contributed by atoms with Crippen LogP contribution < -0.4 is 4.74 Å². The van der Waals surface area contributed by atoms with Crippen molar-refractivity contribution < 1.29 is 9.47 Å². The van der Waals surface area contributed by atoms with E-state index in [1.807, 2.05) is 18.3 Å². The molecular weight excluding hydrogens is 252 g/mol. The predicted octanol–water partition coefficient (Wildman–Crippen LogP) is 2.87. The van der Waals surface area contributed by atoms with Gasteiger partial charge in [-0.15, -0.1) is 0 Å². The monoisotopic (exact) mass is 278 g/mol. The highest BCUT2D eigenvalue weighted by Gasteiger charge is 2.31. The lowest BCUT2D eigenvalue weighted by molar-refractivity contribution is -0.0840. The normalized spacial score (nSPS) is 21.9. The summed E-state index contributed by atoms with van der Waals surface area (Å²) in [4.78, 5) is 6.95. The SMILES string of the molecule is CCN(Cc1cc(OC)ccn1)[C@H]1CCOC(C)(C)C1. The van der Waals surface area contributed by atoms with E-state index >= 15 is 0 Å². The zero-order chi connectivity index (χ0) is 14.6. The van der Waals surface area contributed by atoms with E-state index in [9.17, 15) is 0 Å². The highest BCUT2D eigenvalue weighted by molar-refractivity contribution is 5.22. The van der Waals surface area contributed by atoms with Crippen molar-refractivity contribution in [3.05, 3.63) is 24.0 Å². The third kappa shape index (κ3) is 3.93. The molecule has 4 heteroatoms. The molecule has 0 radical (unpaired) electrons. The molecule has 0 N–H and O–H groups in total. The van der Waals surface area contributed by atoms with Crippen LogP contribution >= 0.6 is 0 Å². The van der Waals surface area contributed by atoms with Crippen LogP contribution in [0.2, 0.25) is 0 Å². The Kier molecular flexibility index (Phi) is 5.00. The molecule has 1 aromatic rings. The summed E-state index contributed by atoms with van der Waals surface area (Å²) in [6.45, 7) is 9.31. The van der Waals surface area contributed by atoms with Crippen molar-refractivity contribution in [2.45, 2.75) is 51.8 Å². The van der Waals surface area contributed by atoms with E-state index in [1.165, 1.54) is 0 Å². The molecule has 0 aliphatic carbocycles. The van der Waals surface area contributed by atoms with Crippen molar-refractivity contribution in [3.63, 3.8) is 0 Å². The van der Waals surface area contributed by atoms with Crippen LogP contribution in [0, 0.1) is 0 Å². The predicted molar refractivity (Wildman–Crippen MR) is 79.9 cm³/mol. The third-order valence-corrected chi connectivity index (χ3v) is 3.98. The average Bonchev–Trinajstić information content (AvgIpc) is 2.44. The fourth-order valence-corrected chi connectivity index (χ4v) is 2.89. The standard InChI is InChI=1S/C16H26N2O2/c1-5-18(14-7-9-20-16(2,3)11-14)12-13-10-15(19-4)6-8-17-13/h6,8,10,14H,5,7,9,11-12H2,1-4H3/t14-/m0/s1. The van der Waals surface area contributed by atoms with Crippen LogP contribution in [0.1, 0.15) is 39.3 Å². The average molecular weight is 278 g/mol. The van der Waals surface area contributed by atoms with Gasteiger partial charge in [-0.25, -0.2) is 0 Å². The summed E-state index contributed by atoms with van der Waals surface area (Å²) in [6.07, 6.45) is 3.99. The van der Waals surface area contributed by atoms with Gasteiger partial charge in [-0.05, 0) is 39.3 Å². The van der Waals surface area contributed by atoms with E-state index in [1.54, 1.807) is 7.11 Å². The van der Waals surface area contributed by atoms with Crippen LogP contribution in [0.3, 0.4) is 0 Å². The number of methoxy groups -OCH3 is 1. The smallest absolute Gasteiger partial charge is 0.122 e. The Morgan fingerprint density at radius 2 is 2.30 bits per heavy atom. The fraction of sp³-hybridized carbons (Fsp3) is 0.688. The van der Waals surface area contributed by atoms with E-state index in [2.05, 4.69) is 30.7 Å². The second-order valence-corrected chi connectivity index (χ2v) is 6.00. The first-order valence-corrected chi connectivity index (χ1v) is 7.41. The first kappa shape index (κ1) is 15.3. The van der Waals surface area contributed by atoms with Crippen LogP contribution in [0.5, 0.6) is 5.75 Å². The molecule has 2 rings (SSSR count). The molecule has 0 spiro atoms. The number of hydrogen-bond donors (Lipinski definition) is 0. The Morgan fingerprint density at radius 1 is 1.50 bits per heavy atom. The summed E-state index contributed by atoms with van der Waals surface area (Å²) in [5.74, 6) is 0.873. The molecule has 0 saturated carbocycles. The first-order chi connectivity index (χ1) is 9.54. The van der Waals surface area contributed by atoms with Gasteiger partial charge in [-0.3, -0.25) is 9.88 Å². The second kappa shape index (κ2) is 6.55. The van der Waals surface area contributed by atoms with Gasteiger partial charge in [0, 0.05) is 31.5 Å². The number of pyridine rings is 1. The van der Waals surface area contributed by atoms with Crippen molar-refractivity contribution in [3.8, 4) is 5.75 Å². The molecule has 2 heterocycles. The maximum atomic E-state index is 5.81. The number of nitrogens with zero attached hydrogens (tertiary/aromatic N) is 2. The second-order valence-electron chi connectivity index (χ2n) is 6.00. The summed E-state index contributed by atoms with van der Waals surface area (Å²) in [5, 5.41) is 0. The van der Waals surface area contributed by atoms with Crippen LogP contribution in [0.4, 0.5) is 0 Å². The van der Waals surface area contributed by atoms with Gasteiger partial charge in [0.2, 0.25) is 0 Å². The molecule has 1 aliphatic rings. The molecule has 0 amide bonds. The van der Waals surface area contributed by atoms with Crippen molar-refractivity contribution in [2.75, 3.05) is 20.3 Å². The Morgan fingerprint density at radius 3 is 2.95 bits per heavy atom. The zero-order valence-corrected chi connectivity index (χ0v) is 13.1. The van der Waals surface area contributed by atoms with Crippen molar-refractivity contribution in [1.82, 2.24) is 9.88 Å². The molecule has 20 heavy (non-hydrogen) atoms. The van der Waals surface area contributed by atoms with Gasteiger partial charge in [0.05, 0.1) is 18.4 Å². The van der Waals surface area contributed by atoms with Crippen molar-refractivity contribution >= 4 is 0 Å². The maximum absolute atomic E-state index is 5.81. The molecule has 4 nitrogen and oxygen atoms in total. The zero-order valence-electron chi connectivity index (χ0n) is 13.1. The molecule has 1 saturated heterocycles. The van der Waals surface area contributed by atoms with Gasteiger partial charge in [0.1, 0.15) is 5.75 Å². The summed E-state index contributed by atoms with van der Waals surface area (Å²) >= 11 is 0. The van der Waals surface area contributed by atoms with Gasteiger partial charge >= 0.3 is 0 Å². The Balaban J connectivity index is 2.04. The van der Waals surface area contributed by atoms with E-state index < -0.39 is 0 Å². The molecular formula is C16H26N2O2. The summed E-state index contributed by atoms with van der Waals surface area (Å²) < 4.78 is 11.1. The quantitative estimate of drug-likeness (QED) is 0.829. The van der Waals surface area contributed by atoms with Gasteiger partial charge in [0.15, 0.2) is 0 Å². The topological polar surface area (TPSA) is 34.6 Å². The Hall–Kier alpha value is -1.13. The lowest BCUT2D eigenvalue weighted by atomic mass is 9.92. The van der Waals surface area contributed by atoms with E-state index in [-0.39, 0.29) is 5.60 Å². The highest BCUT2D eigenvalue weighted by atomic mass is 16.5. The van der Waals surface area contributed by atoms with Crippen LogP contribution in [0.15, 0.2) is 18.3 Å². The lowest BCUT2D eigenvalue weighted by Crippen LogP contribution is -2.45. The summed E-state index contributed by atoms with van der Waals surface area (Å²) in [5.41, 5.74) is 1.05. The highest BCUT2D eigenvalue weighted by Crippen LogP contribution is 2.28. The van der Waals surface area contributed by atoms with Gasteiger partial charge in [-0.1, -0.05) is 6.92 Å². The molecule has 0 bridgehead atoms. The van der Waals surface area contributed by atoms with Gasteiger partial charge in [0.25, 0.3) is 0 Å². The van der Waals surface area contributed by atoms with Gasteiger partial charge < -0.3 is 9.47 Å². The van der Waals surface area contributed by atoms with Crippen LogP contribution in [-0.4, -0.2) is 41.8 Å². The van der Waals surface area contributed by atoms with Crippen LogP contribution in [0.25, 0.3) is 0 Å². The molecule has 0 unspecified atom stereocenters. The number of aromatic nitrogens is 1. The number of ether oxygens (including phenoxy) is 2. The summed E-state index contributed by atoms with van der Waals surface area (Å²) in [7, 11) is 1.69.